The monoisotopic (exact) mass is 379 g/mol. The molecule has 1 aromatic rings. The molecule has 0 spiro atoms. The van der Waals surface area contributed by atoms with Crippen molar-refractivity contribution in [2.45, 2.75) is 55.9 Å². The first-order valence-corrected chi connectivity index (χ1v) is 11.0. The second-order valence-electron chi connectivity index (χ2n) is 7.41. The Morgan fingerprint density at radius 2 is 1.81 bits per heavy atom. The molecule has 1 amide bonds. The Bertz CT molecular complexity index is 708. The standard InChI is InChI=1S/C19H29N3O3S/c20-18(16-7-8-16)14-21-19(23)11-6-15-4-9-17(10-5-15)26(24,25)22-12-2-1-3-13-22/h4-5,9-10,16,18H,1-3,6-8,11-14,20H2,(H,21,23). The predicted octanol–water partition coefficient (Wildman–Crippen LogP) is 1.65. The van der Waals surface area contributed by atoms with E-state index in [9.17, 15) is 13.2 Å². The number of nitrogens with two attached hydrogens (primary N) is 1. The minimum atomic E-state index is -3.39. The zero-order chi connectivity index (χ0) is 18.6. The van der Waals surface area contributed by atoms with Crippen LogP contribution in [0.4, 0.5) is 0 Å². The molecule has 1 heterocycles. The number of benzene rings is 1. The third-order valence-corrected chi connectivity index (χ3v) is 7.19. The van der Waals surface area contributed by atoms with Gasteiger partial charge < -0.3 is 11.1 Å². The summed E-state index contributed by atoms with van der Waals surface area (Å²) in [6.07, 6.45) is 6.27. The summed E-state index contributed by atoms with van der Waals surface area (Å²) in [6, 6.07) is 6.98. The number of piperidine rings is 1. The third-order valence-electron chi connectivity index (χ3n) is 5.28. The van der Waals surface area contributed by atoms with Crippen molar-refractivity contribution in [1.29, 1.82) is 0 Å². The van der Waals surface area contributed by atoms with Gasteiger partial charge in [0.05, 0.1) is 4.90 Å². The minimum Gasteiger partial charge on any atom is -0.355 e. The SMILES string of the molecule is NC(CNC(=O)CCc1ccc(S(=O)(=O)N2CCCCC2)cc1)C1CC1. The molecule has 3 N–H and O–H groups in total. The van der Waals surface area contributed by atoms with Crippen molar-refractivity contribution in [3.63, 3.8) is 0 Å². The van der Waals surface area contributed by atoms with Crippen LogP contribution in [-0.4, -0.2) is 44.3 Å². The van der Waals surface area contributed by atoms with Gasteiger partial charge in [-0.15, -0.1) is 0 Å². The van der Waals surface area contributed by atoms with Crippen LogP contribution in [0.2, 0.25) is 0 Å². The maximum atomic E-state index is 12.6. The van der Waals surface area contributed by atoms with E-state index in [0.717, 1.165) is 24.8 Å². The number of hydrogen-bond acceptors (Lipinski definition) is 4. The number of carbonyl (C=O) groups is 1. The fourth-order valence-electron chi connectivity index (χ4n) is 3.35. The highest BCUT2D eigenvalue weighted by Crippen LogP contribution is 2.31. The molecule has 1 aromatic carbocycles. The minimum absolute atomic E-state index is 0.00823. The van der Waals surface area contributed by atoms with Crippen LogP contribution in [0.3, 0.4) is 0 Å². The summed E-state index contributed by atoms with van der Waals surface area (Å²) in [5.74, 6) is 0.566. The van der Waals surface area contributed by atoms with Gasteiger partial charge in [0.25, 0.3) is 0 Å². The smallest absolute Gasteiger partial charge is 0.243 e. The number of sulfonamides is 1. The van der Waals surface area contributed by atoms with Gasteiger partial charge in [0.15, 0.2) is 0 Å². The van der Waals surface area contributed by atoms with Crippen LogP contribution in [0, 0.1) is 5.92 Å². The van der Waals surface area contributed by atoms with E-state index < -0.39 is 10.0 Å². The normalized spacial score (nSPS) is 19.9. The highest BCUT2D eigenvalue weighted by molar-refractivity contribution is 7.89. The quantitative estimate of drug-likeness (QED) is 0.718. The number of aryl methyl sites for hydroxylation is 1. The Labute approximate surface area is 156 Å². The highest BCUT2D eigenvalue weighted by Gasteiger charge is 2.28. The van der Waals surface area contributed by atoms with Gasteiger partial charge in [0, 0.05) is 32.1 Å². The van der Waals surface area contributed by atoms with Crippen LogP contribution in [0.25, 0.3) is 0 Å². The lowest BCUT2D eigenvalue weighted by atomic mass is 10.1. The molecule has 0 aromatic heterocycles. The molecule has 144 valence electrons. The number of hydrogen-bond donors (Lipinski definition) is 2. The van der Waals surface area contributed by atoms with Crippen molar-refractivity contribution < 1.29 is 13.2 Å². The molecular weight excluding hydrogens is 350 g/mol. The van der Waals surface area contributed by atoms with Gasteiger partial charge in [-0.25, -0.2) is 8.42 Å². The Kier molecular flexibility index (Phi) is 6.32. The summed E-state index contributed by atoms with van der Waals surface area (Å²) in [4.78, 5) is 12.3. The van der Waals surface area contributed by atoms with Crippen molar-refractivity contribution in [3.8, 4) is 0 Å². The third kappa shape index (κ3) is 5.05. The first kappa shape index (κ1) is 19.3. The predicted molar refractivity (Wildman–Crippen MR) is 101 cm³/mol. The van der Waals surface area contributed by atoms with Gasteiger partial charge >= 0.3 is 0 Å². The highest BCUT2D eigenvalue weighted by atomic mass is 32.2. The lowest BCUT2D eigenvalue weighted by Gasteiger charge is -2.25. The van der Waals surface area contributed by atoms with E-state index in [2.05, 4.69) is 5.32 Å². The summed E-state index contributed by atoms with van der Waals surface area (Å²) < 4.78 is 26.8. The molecule has 2 fully saturated rings. The van der Waals surface area contributed by atoms with E-state index in [1.54, 1.807) is 28.6 Å². The number of carbonyl (C=O) groups excluding carboxylic acids is 1. The van der Waals surface area contributed by atoms with Gasteiger partial charge in [-0.1, -0.05) is 18.6 Å². The maximum Gasteiger partial charge on any atom is 0.243 e. The van der Waals surface area contributed by atoms with Crippen molar-refractivity contribution in [3.05, 3.63) is 29.8 Å². The van der Waals surface area contributed by atoms with Gasteiger partial charge in [0.2, 0.25) is 15.9 Å². The van der Waals surface area contributed by atoms with Crippen LogP contribution in [0.1, 0.15) is 44.1 Å². The summed E-state index contributed by atoms with van der Waals surface area (Å²) in [6.45, 7) is 1.75. The van der Waals surface area contributed by atoms with Crippen LogP contribution in [0.15, 0.2) is 29.2 Å². The zero-order valence-corrected chi connectivity index (χ0v) is 16.0. The van der Waals surface area contributed by atoms with Crippen molar-refractivity contribution in [1.82, 2.24) is 9.62 Å². The van der Waals surface area contributed by atoms with E-state index in [4.69, 9.17) is 5.73 Å². The Hall–Kier alpha value is -1.44. The molecule has 1 aliphatic carbocycles. The number of nitrogens with one attached hydrogen (secondary N) is 1. The number of amides is 1. The molecule has 1 saturated heterocycles. The summed E-state index contributed by atoms with van der Waals surface area (Å²) in [5, 5.41) is 2.89. The maximum absolute atomic E-state index is 12.6. The molecule has 1 atom stereocenters. The second-order valence-corrected chi connectivity index (χ2v) is 9.35. The summed E-state index contributed by atoms with van der Waals surface area (Å²) >= 11 is 0. The van der Waals surface area contributed by atoms with E-state index in [-0.39, 0.29) is 11.9 Å². The Morgan fingerprint density at radius 3 is 2.42 bits per heavy atom. The molecule has 0 radical (unpaired) electrons. The fourth-order valence-corrected chi connectivity index (χ4v) is 4.87. The van der Waals surface area contributed by atoms with E-state index in [0.29, 0.717) is 43.3 Å². The Morgan fingerprint density at radius 1 is 1.15 bits per heavy atom. The molecule has 1 saturated carbocycles. The van der Waals surface area contributed by atoms with Crippen LogP contribution >= 0.6 is 0 Å². The van der Waals surface area contributed by atoms with Crippen molar-refractivity contribution in [2.75, 3.05) is 19.6 Å². The lowest BCUT2D eigenvalue weighted by Crippen LogP contribution is -2.38. The van der Waals surface area contributed by atoms with E-state index in [1.165, 1.54) is 12.8 Å². The van der Waals surface area contributed by atoms with Gasteiger partial charge in [0.1, 0.15) is 0 Å². The summed E-state index contributed by atoms with van der Waals surface area (Å²) in [7, 11) is -3.39. The largest absolute Gasteiger partial charge is 0.355 e. The number of nitrogens with zero attached hydrogens (tertiary/aromatic N) is 1. The Balaban J connectivity index is 1.48. The molecule has 3 rings (SSSR count). The number of rotatable bonds is 8. The average Bonchev–Trinajstić information content (AvgIpc) is 3.51. The van der Waals surface area contributed by atoms with E-state index in [1.807, 2.05) is 0 Å². The topological polar surface area (TPSA) is 92.5 Å². The average molecular weight is 380 g/mol. The molecular formula is C19H29N3O3S. The molecule has 1 unspecified atom stereocenters. The van der Waals surface area contributed by atoms with Crippen molar-refractivity contribution >= 4 is 15.9 Å². The molecule has 1 aliphatic heterocycles. The first-order chi connectivity index (χ1) is 12.5. The van der Waals surface area contributed by atoms with Gasteiger partial charge in [-0.2, -0.15) is 4.31 Å². The molecule has 6 nitrogen and oxygen atoms in total. The fraction of sp³-hybridized carbons (Fsp3) is 0.632. The second kappa shape index (κ2) is 8.50. The van der Waals surface area contributed by atoms with Crippen LogP contribution < -0.4 is 11.1 Å². The van der Waals surface area contributed by atoms with Crippen LogP contribution in [0.5, 0.6) is 0 Å². The molecule has 7 heteroatoms. The molecule has 0 bridgehead atoms. The van der Waals surface area contributed by atoms with E-state index >= 15 is 0 Å². The van der Waals surface area contributed by atoms with Gasteiger partial charge in [-0.05, 0) is 55.7 Å². The zero-order valence-electron chi connectivity index (χ0n) is 15.2. The van der Waals surface area contributed by atoms with Crippen LogP contribution in [-0.2, 0) is 21.2 Å². The first-order valence-electron chi connectivity index (χ1n) is 9.58. The van der Waals surface area contributed by atoms with Gasteiger partial charge in [-0.3, -0.25) is 4.79 Å². The molecule has 2 aliphatic rings. The summed E-state index contributed by atoms with van der Waals surface area (Å²) in [5.41, 5.74) is 6.94. The molecule has 26 heavy (non-hydrogen) atoms. The van der Waals surface area contributed by atoms with Crippen molar-refractivity contribution in [2.24, 2.45) is 11.7 Å². The lowest BCUT2D eigenvalue weighted by molar-refractivity contribution is -0.121.